The fourth-order valence-electron chi connectivity index (χ4n) is 1.67. The fraction of sp³-hybridized carbons (Fsp3) is 0.467. The largest absolute Gasteiger partial charge is 0.481 e. The predicted molar refractivity (Wildman–Crippen MR) is 81.1 cm³/mol. The van der Waals surface area contributed by atoms with Crippen molar-refractivity contribution in [2.45, 2.75) is 33.4 Å². The Morgan fingerprint density at radius 1 is 1.24 bits per heavy atom. The second-order valence-electron chi connectivity index (χ2n) is 4.54. The van der Waals surface area contributed by atoms with Crippen LogP contribution in [-0.2, 0) is 11.3 Å². The molecule has 1 rings (SSSR count). The molecule has 0 fully saturated rings. The van der Waals surface area contributed by atoms with Gasteiger partial charge >= 0.3 is 6.03 Å². The number of amides is 3. The number of imide groups is 1. The molecule has 0 saturated heterocycles. The Balaban J connectivity index is 2.55. The number of benzene rings is 1. The average Bonchev–Trinajstić information content (AvgIpc) is 2.45. The molecule has 0 radical (unpaired) electrons. The van der Waals surface area contributed by atoms with Crippen molar-refractivity contribution in [1.29, 1.82) is 0 Å². The maximum atomic E-state index is 11.8. The third kappa shape index (κ3) is 6.27. The Kier molecular flexibility index (Phi) is 7.25. The van der Waals surface area contributed by atoms with E-state index in [0.29, 0.717) is 12.3 Å². The van der Waals surface area contributed by atoms with Crippen LogP contribution in [0.3, 0.4) is 0 Å². The quantitative estimate of drug-likeness (QED) is 0.710. The Bertz CT molecular complexity index is 477. The van der Waals surface area contributed by atoms with Crippen LogP contribution in [0.5, 0.6) is 5.75 Å². The molecule has 0 aliphatic rings. The van der Waals surface area contributed by atoms with E-state index in [-0.39, 0.29) is 0 Å². The molecule has 116 valence electrons. The van der Waals surface area contributed by atoms with Crippen LogP contribution >= 0.6 is 0 Å². The van der Waals surface area contributed by atoms with Crippen molar-refractivity contribution < 1.29 is 14.3 Å². The van der Waals surface area contributed by atoms with E-state index in [2.05, 4.69) is 16.0 Å². The first-order chi connectivity index (χ1) is 10.1. The highest BCUT2D eigenvalue weighted by Crippen LogP contribution is 2.15. The first-order valence-corrected chi connectivity index (χ1v) is 7.11. The van der Waals surface area contributed by atoms with Gasteiger partial charge in [0.25, 0.3) is 5.91 Å². The number of carbonyl (C=O) groups excluding carboxylic acids is 2. The van der Waals surface area contributed by atoms with Crippen LogP contribution in [0.25, 0.3) is 0 Å². The summed E-state index contributed by atoms with van der Waals surface area (Å²) in [5.41, 5.74) is 1.07. The third-order valence-corrected chi connectivity index (χ3v) is 2.73. The van der Waals surface area contributed by atoms with Crippen LogP contribution in [0.2, 0.25) is 0 Å². The fourth-order valence-corrected chi connectivity index (χ4v) is 1.67. The van der Waals surface area contributed by atoms with E-state index < -0.39 is 18.0 Å². The zero-order chi connectivity index (χ0) is 15.7. The molecular weight excluding hydrogens is 270 g/mol. The molecule has 0 heterocycles. The first-order valence-electron chi connectivity index (χ1n) is 7.11. The molecule has 3 amide bonds. The van der Waals surface area contributed by atoms with Gasteiger partial charge < -0.3 is 15.4 Å². The number of urea groups is 1. The molecule has 0 aromatic heterocycles. The summed E-state index contributed by atoms with van der Waals surface area (Å²) < 4.78 is 5.56. The van der Waals surface area contributed by atoms with E-state index in [4.69, 9.17) is 4.74 Å². The minimum atomic E-state index is -0.748. The van der Waals surface area contributed by atoms with Gasteiger partial charge in [0.05, 0.1) is 0 Å². The highest BCUT2D eigenvalue weighted by Gasteiger charge is 2.17. The topological polar surface area (TPSA) is 79.5 Å². The summed E-state index contributed by atoms with van der Waals surface area (Å²) in [6.45, 7) is 7.50. The summed E-state index contributed by atoms with van der Waals surface area (Å²) in [6, 6.07) is 6.99. The van der Waals surface area contributed by atoms with E-state index in [1.54, 1.807) is 19.9 Å². The number of ether oxygens (including phenoxy) is 1. The van der Waals surface area contributed by atoms with Crippen LogP contribution in [0, 0.1) is 0 Å². The summed E-state index contributed by atoms with van der Waals surface area (Å²) >= 11 is 0. The second kappa shape index (κ2) is 8.97. The standard InChI is InChI=1S/C15H23N3O3/c1-4-16-10-12-7-6-8-13(9-12)21-11(3)14(19)18-15(20)17-5-2/h6-9,11,16H,4-5,10H2,1-3H3,(H2,17,18,19,20). The SMILES string of the molecule is CCNCc1cccc(OC(C)C(=O)NC(=O)NCC)c1. The molecule has 0 bridgehead atoms. The highest BCUT2D eigenvalue weighted by molar-refractivity contribution is 5.96. The molecule has 1 aromatic rings. The van der Waals surface area contributed by atoms with Gasteiger partial charge in [-0.3, -0.25) is 10.1 Å². The number of hydrogen-bond donors (Lipinski definition) is 3. The number of rotatable bonds is 7. The average molecular weight is 293 g/mol. The smallest absolute Gasteiger partial charge is 0.321 e. The lowest BCUT2D eigenvalue weighted by Crippen LogP contribution is -2.45. The molecule has 1 atom stereocenters. The molecule has 21 heavy (non-hydrogen) atoms. The van der Waals surface area contributed by atoms with Gasteiger partial charge in [0.2, 0.25) is 0 Å². The molecule has 3 N–H and O–H groups in total. The lowest BCUT2D eigenvalue weighted by molar-refractivity contribution is -0.126. The highest BCUT2D eigenvalue weighted by atomic mass is 16.5. The molecule has 6 nitrogen and oxygen atoms in total. The summed E-state index contributed by atoms with van der Waals surface area (Å²) in [7, 11) is 0. The van der Waals surface area contributed by atoms with Crippen molar-refractivity contribution in [3.63, 3.8) is 0 Å². The van der Waals surface area contributed by atoms with Gasteiger partial charge in [-0.25, -0.2) is 4.79 Å². The molecule has 0 aliphatic carbocycles. The van der Waals surface area contributed by atoms with Crippen molar-refractivity contribution in [3.05, 3.63) is 29.8 Å². The van der Waals surface area contributed by atoms with E-state index >= 15 is 0 Å². The number of hydrogen-bond acceptors (Lipinski definition) is 4. The molecule has 1 unspecified atom stereocenters. The maximum Gasteiger partial charge on any atom is 0.321 e. The Morgan fingerprint density at radius 2 is 2.00 bits per heavy atom. The Hall–Kier alpha value is -2.08. The summed E-state index contributed by atoms with van der Waals surface area (Å²) in [6.07, 6.45) is -0.748. The molecule has 0 aliphatic heterocycles. The molecule has 1 aromatic carbocycles. The van der Waals surface area contributed by atoms with E-state index in [9.17, 15) is 9.59 Å². The summed E-state index contributed by atoms with van der Waals surface area (Å²) in [4.78, 5) is 23.1. The van der Waals surface area contributed by atoms with Crippen molar-refractivity contribution >= 4 is 11.9 Å². The minimum absolute atomic E-state index is 0.459. The van der Waals surface area contributed by atoms with Crippen molar-refractivity contribution in [2.24, 2.45) is 0 Å². The van der Waals surface area contributed by atoms with E-state index in [1.165, 1.54) is 0 Å². The van der Waals surface area contributed by atoms with Gasteiger partial charge in [-0.05, 0) is 38.1 Å². The monoisotopic (exact) mass is 293 g/mol. The minimum Gasteiger partial charge on any atom is -0.481 e. The molecule has 6 heteroatoms. The van der Waals surface area contributed by atoms with Gasteiger partial charge in [0, 0.05) is 13.1 Å². The van der Waals surface area contributed by atoms with Gasteiger partial charge in [-0.1, -0.05) is 19.1 Å². The molecule has 0 saturated carbocycles. The lowest BCUT2D eigenvalue weighted by Gasteiger charge is -2.15. The summed E-state index contributed by atoms with van der Waals surface area (Å²) in [5.74, 6) is 0.127. The molecular formula is C15H23N3O3. The van der Waals surface area contributed by atoms with Crippen molar-refractivity contribution in [2.75, 3.05) is 13.1 Å². The van der Waals surface area contributed by atoms with Gasteiger partial charge in [0.1, 0.15) is 5.75 Å². The third-order valence-electron chi connectivity index (χ3n) is 2.73. The van der Waals surface area contributed by atoms with Gasteiger partial charge in [0.15, 0.2) is 6.10 Å². The molecule has 0 spiro atoms. The second-order valence-corrected chi connectivity index (χ2v) is 4.54. The zero-order valence-corrected chi connectivity index (χ0v) is 12.7. The van der Waals surface area contributed by atoms with Crippen molar-refractivity contribution in [1.82, 2.24) is 16.0 Å². The van der Waals surface area contributed by atoms with Gasteiger partial charge in [-0.2, -0.15) is 0 Å². The Morgan fingerprint density at radius 3 is 2.67 bits per heavy atom. The number of nitrogens with one attached hydrogen (secondary N) is 3. The van der Waals surface area contributed by atoms with E-state index in [0.717, 1.165) is 18.7 Å². The van der Waals surface area contributed by atoms with Crippen LogP contribution in [0.4, 0.5) is 4.79 Å². The van der Waals surface area contributed by atoms with Crippen LogP contribution in [0.1, 0.15) is 26.3 Å². The van der Waals surface area contributed by atoms with Gasteiger partial charge in [-0.15, -0.1) is 0 Å². The van der Waals surface area contributed by atoms with Crippen LogP contribution in [-0.4, -0.2) is 31.1 Å². The normalized spacial score (nSPS) is 11.6. The van der Waals surface area contributed by atoms with Crippen LogP contribution in [0.15, 0.2) is 24.3 Å². The lowest BCUT2D eigenvalue weighted by atomic mass is 10.2. The van der Waals surface area contributed by atoms with Crippen LogP contribution < -0.4 is 20.7 Å². The number of carbonyl (C=O) groups is 2. The maximum absolute atomic E-state index is 11.8. The Labute approximate surface area is 125 Å². The van der Waals surface area contributed by atoms with Crippen molar-refractivity contribution in [3.8, 4) is 5.75 Å². The predicted octanol–water partition coefficient (Wildman–Crippen LogP) is 1.41. The first kappa shape index (κ1) is 17.0. The summed E-state index contributed by atoms with van der Waals surface area (Å²) in [5, 5.41) is 7.94. The zero-order valence-electron chi connectivity index (χ0n) is 12.7. The van der Waals surface area contributed by atoms with E-state index in [1.807, 2.05) is 25.1 Å².